The SMILES string of the molecule is COc1ccc(S(C)(=O)=O)cc1C1CCNC1. The first-order chi connectivity index (χ1) is 8.02. The summed E-state index contributed by atoms with van der Waals surface area (Å²) in [5.41, 5.74) is 0.987. The molecule has 0 aliphatic carbocycles. The van der Waals surface area contributed by atoms with Crippen molar-refractivity contribution >= 4 is 9.84 Å². The van der Waals surface area contributed by atoms with Crippen molar-refractivity contribution in [2.75, 3.05) is 26.5 Å². The summed E-state index contributed by atoms with van der Waals surface area (Å²) < 4.78 is 28.4. The van der Waals surface area contributed by atoms with E-state index in [0.29, 0.717) is 10.8 Å². The summed E-state index contributed by atoms with van der Waals surface area (Å²) in [7, 11) is -1.54. The molecule has 5 heteroatoms. The smallest absolute Gasteiger partial charge is 0.175 e. The van der Waals surface area contributed by atoms with Gasteiger partial charge in [-0.3, -0.25) is 0 Å². The zero-order valence-corrected chi connectivity index (χ0v) is 10.9. The molecule has 1 aliphatic rings. The van der Waals surface area contributed by atoms with Crippen LogP contribution in [0.25, 0.3) is 0 Å². The summed E-state index contributed by atoms with van der Waals surface area (Å²) in [6.07, 6.45) is 2.25. The molecule has 2 rings (SSSR count). The van der Waals surface area contributed by atoms with Crippen molar-refractivity contribution in [1.82, 2.24) is 5.32 Å². The van der Waals surface area contributed by atoms with E-state index in [-0.39, 0.29) is 0 Å². The number of hydrogen-bond donors (Lipinski definition) is 1. The Bertz CT molecular complexity index is 504. The quantitative estimate of drug-likeness (QED) is 0.881. The van der Waals surface area contributed by atoms with Crippen molar-refractivity contribution in [3.63, 3.8) is 0 Å². The van der Waals surface area contributed by atoms with Gasteiger partial charge in [0.05, 0.1) is 12.0 Å². The minimum Gasteiger partial charge on any atom is -0.496 e. The monoisotopic (exact) mass is 255 g/mol. The summed E-state index contributed by atoms with van der Waals surface area (Å²) in [5.74, 6) is 1.11. The molecular formula is C12H17NO3S. The van der Waals surface area contributed by atoms with E-state index >= 15 is 0 Å². The second kappa shape index (κ2) is 4.66. The van der Waals surface area contributed by atoms with Crippen molar-refractivity contribution in [2.24, 2.45) is 0 Å². The fourth-order valence-corrected chi connectivity index (χ4v) is 2.84. The zero-order valence-electron chi connectivity index (χ0n) is 10.1. The van der Waals surface area contributed by atoms with E-state index in [1.165, 1.54) is 6.26 Å². The fourth-order valence-electron chi connectivity index (χ4n) is 2.18. The number of hydrogen-bond acceptors (Lipinski definition) is 4. The third-order valence-corrected chi connectivity index (χ3v) is 4.24. The number of ether oxygens (including phenoxy) is 1. The maximum atomic E-state index is 11.5. The Morgan fingerprint density at radius 1 is 1.41 bits per heavy atom. The third kappa shape index (κ3) is 2.61. The normalized spacial score (nSPS) is 20.5. The minimum absolute atomic E-state index is 0.339. The van der Waals surface area contributed by atoms with Crippen molar-refractivity contribution in [1.29, 1.82) is 0 Å². The van der Waals surface area contributed by atoms with Crippen LogP contribution in [-0.2, 0) is 9.84 Å². The molecular weight excluding hydrogens is 238 g/mol. The average Bonchev–Trinajstić information content (AvgIpc) is 2.80. The number of methoxy groups -OCH3 is 1. The Hall–Kier alpha value is -1.07. The van der Waals surface area contributed by atoms with Gasteiger partial charge in [0.1, 0.15) is 5.75 Å². The predicted molar refractivity (Wildman–Crippen MR) is 66.3 cm³/mol. The molecule has 1 heterocycles. The molecule has 1 saturated heterocycles. The molecule has 1 fully saturated rings. The van der Waals surface area contributed by atoms with Gasteiger partial charge in [-0.1, -0.05) is 0 Å². The molecule has 94 valence electrons. The van der Waals surface area contributed by atoms with Crippen molar-refractivity contribution < 1.29 is 13.2 Å². The maximum Gasteiger partial charge on any atom is 0.175 e. The van der Waals surface area contributed by atoms with E-state index in [9.17, 15) is 8.42 Å². The highest BCUT2D eigenvalue weighted by molar-refractivity contribution is 7.90. The molecule has 0 aromatic heterocycles. The van der Waals surface area contributed by atoms with Crippen LogP contribution in [0.15, 0.2) is 23.1 Å². The molecule has 17 heavy (non-hydrogen) atoms. The molecule has 0 radical (unpaired) electrons. The molecule has 0 spiro atoms. The van der Waals surface area contributed by atoms with Crippen molar-refractivity contribution in [3.05, 3.63) is 23.8 Å². The molecule has 4 nitrogen and oxygen atoms in total. The van der Waals surface area contributed by atoms with Crippen LogP contribution in [0, 0.1) is 0 Å². The first-order valence-electron chi connectivity index (χ1n) is 5.61. The van der Waals surface area contributed by atoms with Crippen LogP contribution < -0.4 is 10.1 Å². The molecule has 1 aromatic carbocycles. The lowest BCUT2D eigenvalue weighted by Crippen LogP contribution is -2.09. The summed E-state index contributed by atoms with van der Waals surface area (Å²) in [4.78, 5) is 0.361. The van der Waals surface area contributed by atoms with Crippen LogP contribution in [-0.4, -0.2) is 34.9 Å². The number of rotatable bonds is 3. The zero-order chi connectivity index (χ0) is 12.5. The molecule has 0 saturated carbocycles. The Kier molecular flexibility index (Phi) is 3.40. The van der Waals surface area contributed by atoms with E-state index in [1.807, 2.05) is 0 Å². The lowest BCUT2D eigenvalue weighted by molar-refractivity contribution is 0.406. The molecule has 0 amide bonds. The molecule has 1 atom stereocenters. The maximum absolute atomic E-state index is 11.5. The van der Waals surface area contributed by atoms with Crippen LogP contribution in [0.4, 0.5) is 0 Å². The highest BCUT2D eigenvalue weighted by atomic mass is 32.2. The first kappa shape index (κ1) is 12.4. The Morgan fingerprint density at radius 3 is 2.71 bits per heavy atom. The molecule has 1 aliphatic heterocycles. The van der Waals surface area contributed by atoms with Gasteiger partial charge < -0.3 is 10.1 Å². The van der Waals surface area contributed by atoms with E-state index in [0.717, 1.165) is 30.8 Å². The highest BCUT2D eigenvalue weighted by Gasteiger charge is 2.22. The van der Waals surface area contributed by atoms with Gasteiger partial charge in [-0.15, -0.1) is 0 Å². The van der Waals surface area contributed by atoms with Gasteiger partial charge in [0.25, 0.3) is 0 Å². The van der Waals surface area contributed by atoms with Crippen LogP contribution >= 0.6 is 0 Å². The molecule has 0 bridgehead atoms. The lowest BCUT2D eigenvalue weighted by Gasteiger charge is -2.15. The summed E-state index contributed by atoms with van der Waals surface area (Å²) >= 11 is 0. The Balaban J connectivity index is 2.46. The second-order valence-corrected chi connectivity index (χ2v) is 6.38. The van der Waals surface area contributed by atoms with Gasteiger partial charge in [0, 0.05) is 18.7 Å². The summed E-state index contributed by atoms with van der Waals surface area (Å²) in [6.45, 7) is 1.85. The Labute approximate surface area is 102 Å². The molecule has 1 N–H and O–H groups in total. The highest BCUT2D eigenvalue weighted by Crippen LogP contribution is 2.32. The van der Waals surface area contributed by atoms with Crippen LogP contribution in [0.3, 0.4) is 0 Å². The van der Waals surface area contributed by atoms with Crippen molar-refractivity contribution in [3.8, 4) is 5.75 Å². The summed E-state index contributed by atoms with van der Waals surface area (Å²) in [5, 5.41) is 3.28. The van der Waals surface area contributed by atoms with Gasteiger partial charge in [0.2, 0.25) is 0 Å². The van der Waals surface area contributed by atoms with E-state index in [2.05, 4.69) is 5.32 Å². The van der Waals surface area contributed by atoms with E-state index in [1.54, 1.807) is 25.3 Å². The third-order valence-electron chi connectivity index (χ3n) is 3.13. The number of benzene rings is 1. The second-order valence-electron chi connectivity index (χ2n) is 4.37. The van der Waals surface area contributed by atoms with Gasteiger partial charge >= 0.3 is 0 Å². The van der Waals surface area contributed by atoms with E-state index in [4.69, 9.17) is 4.74 Å². The molecule has 1 unspecified atom stereocenters. The van der Waals surface area contributed by atoms with Gasteiger partial charge in [-0.25, -0.2) is 8.42 Å². The van der Waals surface area contributed by atoms with Crippen molar-refractivity contribution in [2.45, 2.75) is 17.2 Å². The predicted octanol–water partition coefficient (Wildman–Crippen LogP) is 1.18. The first-order valence-corrected chi connectivity index (χ1v) is 7.50. The standard InChI is InChI=1S/C12H17NO3S/c1-16-12-4-3-10(17(2,14)15)7-11(12)9-5-6-13-8-9/h3-4,7,9,13H,5-6,8H2,1-2H3. The lowest BCUT2D eigenvalue weighted by atomic mass is 9.97. The fraction of sp³-hybridized carbons (Fsp3) is 0.500. The largest absolute Gasteiger partial charge is 0.496 e. The van der Waals surface area contributed by atoms with E-state index < -0.39 is 9.84 Å². The molecule has 1 aromatic rings. The van der Waals surface area contributed by atoms with Crippen LogP contribution in [0.1, 0.15) is 17.9 Å². The minimum atomic E-state index is -3.16. The van der Waals surface area contributed by atoms with Gasteiger partial charge in [-0.2, -0.15) is 0 Å². The number of sulfone groups is 1. The van der Waals surface area contributed by atoms with Crippen LogP contribution in [0.2, 0.25) is 0 Å². The summed E-state index contributed by atoms with van der Waals surface area (Å²) in [6, 6.07) is 5.08. The number of nitrogens with one attached hydrogen (secondary N) is 1. The Morgan fingerprint density at radius 2 is 2.18 bits per heavy atom. The van der Waals surface area contributed by atoms with Gasteiger partial charge in [0.15, 0.2) is 9.84 Å². The van der Waals surface area contributed by atoms with Crippen LogP contribution in [0.5, 0.6) is 5.75 Å². The average molecular weight is 255 g/mol. The topological polar surface area (TPSA) is 55.4 Å². The van der Waals surface area contributed by atoms with Gasteiger partial charge in [-0.05, 0) is 36.7 Å².